The lowest BCUT2D eigenvalue weighted by molar-refractivity contribution is 0.596. The lowest BCUT2D eigenvalue weighted by atomic mass is 10.0. The molecule has 0 aliphatic heterocycles. The van der Waals surface area contributed by atoms with E-state index in [9.17, 15) is 8.42 Å². The Bertz CT molecular complexity index is 519. The van der Waals surface area contributed by atoms with Crippen molar-refractivity contribution in [1.82, 2.24) is 0 Å². The third kappa shape index (κ3) is 3.11. The van der Waals surface area contributed by atoms with Crippen molar-refractivity contribution in [2.45, 2.75) is 25.2 Å². The molecule has 0 N–H and O–H groups in total. The van der Waals surface area contributed by atoms with E-state index in [1.165, 1.54) is 6.26 Å². The number of hydrogen-bond acceptors (Lipinski definition) is 2. The predicted molar refractivity (Wildman–Crippen MR) is 66.0 cm³/mol. The molecule has 0 aliphatic carbocycles. The fourth-order valence-corrected chi connectivity index (χ4v) is 2.57. The molecular formula is C13H16O2S. The standard InChI is InChI=1S/C13H16O2S/c1-5-11-6-7-12(8-10(2)3)13(9-11)16(4,14)15/h1,6-7,9-10H,8H2,2-4H3. The summed E-state index contributed by atoms with van der Waals surface area (Å²) in [6.07, 6.45) is 7.23. The van der Waals surface area contributed by atoms with Crippen LogP contribution >= 0.6 is 0 Å². The highest BCUT2D eigenvalue weighted by atomic mass is 32.2. The maximum Gasteiger partial charge on any atom is 0.175 e. The first-order valence-corrected chi connectivity index (χ1v) is 7.03. The van der Waals surface area contributed by atoms with Gasteiger partial charge >= 0.3 is 0 Å². The molecular weight excluding hydrogens is 220 g/mol. The van der Waals surface area contributed by atoms with E-state index in [0.717, 1.165) is 12.0 Å². The highest BCUT2D eigenvalue weighted by molar-refractivity contribution is 7.90. The summed E-state index contributed by atoms with van der Waals surface area (Å²) >= 11 is 0. The minimum absolute atomic E-state index is 0.358. The van der Waals surface area contributed by atoms with Gasteiger partial charge in [-0.2, -0.15) is 0 Å². The van der Waals surface area contributed by atoms with Crippen molar-refractivity contribution in [3.8, 4) is 12.3 Å². The molecule has 0 saturated carbocycles. The summed E-state index contributed by atoms with van der Waals surface area (Å²) in [5, 5.41) is 0. The molecule has 1 rings (SSSR count). The minimum atomic E-state index is -3.21. The molecule has 0 spiro atoms. The van der Waals surface area contributed by atoms with Crippen LogP contribution in [-0.4, -0.2) is 14.7 Å². The normalized spacial score (nSPS) is 11.4. The van der Waals surface area contributed by atoms with Gasteiger partial charge in [-0.1, -0.05) is 25.8 Å². The van der Waals surface area contributed by atoms with Crippen molar-refractivity contribution in [3.63, 3.8) is 0 Å². The fourth-order valence-electron chi connectivity index (χ4n) is 1.60. The second-order valence-corrected chi connectivity index (χ2v) is 6.32. The predicted octanol–water partition coefficient (Wildman–Crippen LogP) is 2.27. The molecule has 3 heteroatoms. The van der Waals surface area contributed by atoms with Crippen LogP contribution in [0.4, 0.5) is 0 Å². The van der Waals surface area contributed by atoms with Crippen molar-refractivity contribution >= 4 is 9.84 Å². The molecule has 0 amide bonds. The third-order valence-corrected chi connectivity index (χ3v) is 3.44. The molecule has 0 bridgehead atoms. The van der Waals surface area contributed by atoms with Crippen LogP contribution < -0.4 is 0 Å². The van der Waals surface area contributed by atoms with Crippen molar-refractivity contribution in [3.05, 3.63) is 29.3 Å². The number of terminal acetylenes is 1. The second kappa shape index (κ2) is 4.71. The van der Waals surface area contributed by atoms with Crippen LogP contribution in [0.15, 0.2) is 23.1 Å². The summed E-state index contributed by atoms with van der Waals surface area (Å²) in [5.41, 5.74) is 1.45. The third-order valence-electron chi connectivity index (χ3n) is 2.26. The molecule has 0 atom stereocenters. The highest BCUT2D eigenvalue weighted by Crippen LogP contribution is 2.20. The molecule has 0 saturated heterocycles. The molecule has 1 aromatic rings. The fraction of sp³-hybridized carbons (Fsp3) is 0.385. The van der Waals surface area contributed by atoms with Crippen LogP contribution in [0.25, 0.3) is 0 Å². The molecule has 0 heterocycles. The summed E-state index contributed by atoms with van der Waals surface area (Å²) in [4.78, 5) is 0.358. The van der Waals surface area contributed by atoms with Crippen LogP contribution in [-0.2, 0) is 16.3 Å². The Morgan fingerprint density at radius 2 is 2.00 bits per heavy atom. The summed E-state index contributed by atoms with van der Waals surface area (Å²) in [5.74, 6) is 2.87. The van der Waals surface area contributed by atoms with E-state index in [0.29, 0.717) is 16.4 Å². The van der Waals surface area contributed by atoms with E-state index >= 15 is 0 Å². The van der Waals surface area contributed by atoms with Gasteiger partial charge in [0.1, 0.15) is 0 Å². The monoisotopic (exact) mass is 236 g/mol. The maximum absolute atomic E-state index is 11.6. The largest absolute Gasteiger partial charge is 0.224 e. The maximum atomic E-state index is 11.6. The molecule has 1 aromatic carbocycles. The summed E-state index contributed by atoms with van der Waals surface area (Å²) in [6.45, 7) is 4.11. The zero-order valence-electron chi connectivity index (χ0n) is 9.82. The van der Waals surface area contributed by atoms with E-state index in [-0.39, 0.29) is 0 Å². The van der Waals surface area contributed by atoms with E-state index in [1.54, 1.807) is 12.1 Å². The van der Waals surface area contributed by atoms with E-state index in [4.69, 9.17) is 6.42 Å². The molecule has 16 heavy (non-hydrogen) atoms. The molecule has 0 unspecified atom stereocenters. The van der Waals surface area contributed by atoms with Gasteiger partial charge in [-0.3, -0.25) is 0 Å². The van der Waals surface area contributed by atoms with Gasteiger partial charge in [-0.25, -0.2) is 8.42 Å². The second-order valence-electron chi connectivity index (χ2n) is 4.34. The van der Waals surface area contributed by atoms with Crippen LogP contribution in [0, 0.1) is 18.3 Å². The number of benzene rings is 1. The van der Waals surface area contributed by atoms with Gasteiger partial charge in [0, 0.05) is 11.8 Å². The molecule has 0 aliphatic rings. The van der Waals surface area contributed by atoms with Crippen molar-refractivity contribution in [2.24, 2.45) is 5.92 Å². The Morgan fingerprint density at radius 3 is 2.44 bits per heavy atom. The Morgan fingerprint density at radius 1 is 1.38 bits per heavy atom. The lowest BCUT2D eigenvalue weighted by Crippen LogP contribution is -2.05. The zero-order valence-corrected chi connectivity index (χ0v) is 10.6. The highest BCUT2D eigenvalue weighted by Gasteiger charge is 2.14. The molecule has 0 aromatic heterocycles. The summed E-state index contributed by atoms with van der Waals surface area (Å²) in [7, 11) is -3.21. The first-order chi connectivity index (χ1) is 7.34. The number of hydrogen-bond donors (Lipinski definition) is 0. The summed E-state index contributed by atoms with van der Waals surface area (Å²) < 4.78 is 23.3. The SMILES string of the molecule is C#Cc1ccc(CC(C)C)c(S(C)(=O)=O)c1. The van der Waals surface area contributed by atoms with Gasteiger partial charge < -0.3 is 0 Å². The first kappa shape index (κ1) is 12.8. The van der Waals surface area contributed by atoms with Crippen molar-refractivity contribution in [2.75, 3.05) is 6.26 Å². The number of rotatable bonds is 3. The first-order valence-electron chi connectivity index (χ1n) is 5.14. The van der Waals surface area contributed by atoms with Gasteiger partial charge in [0.2, 0.25) is 0 Å². The average molecular weight is 236 g/mol. The average Bonchev–Trinajstić information content (AvgIpc) is 2.15. The topological polar surface area (TPSA) is 34.1 Å². The van der Waals surface area contributed by atoms with Crippen LogP contribution in [0.2, 0.25) is 0 Å². The van der Waals surface area contributed by atoms with Crippen molar-refractivity contribution < 1.29 is 8.42 Å². The molecule has 0 fully saturated rings. The van der Waals surface area contributed by atoms with E-state index in [2.05, 4.69) is 19.8 Å². The van der Waals surface area contributed by atoms with Gasteiger partial charge in [0.15, 0.2) is 9.84 Å². The molecule has 0 radical (unpaired) electrons. The van der Waals surface area contributed by atoms with Gasteiger partial charge in [0.25, 0.3) is 0 Å². The van der Waals surface area contributed by atoms with Crippen LogP contribution in [0.1, 0.15) is 25.0 Å². The quantitative estimate of drug-likeness (QED) is 0.754. The Balaban J connectivity index is 3.35. The van der Waals surface area contributed by atoms with E-state index < -0.39 is 9.84 Å². The molecule has 2 nitrogen and oxygen atoms in total. The smallest absolute Gasteiger partial charge is 0.175 e. The van der Waals surface area contributed by atoms with Crippen LogP contribution in [0.3, 0.4) is 0 Å². The zero-order chi connectivity index (χ0) is 12.3. The van der Waals surface area contributed by atoms with Gasteiger partial charge in [-0.15, -0.1) is 6.42 Å². The van der Waals surface area contributed by atoms with Crippen LogP contribution in [0.5, 0.6) is 0 Å². The Labute approximate surface area is 97.6 Å². The lowest BCUT2D eigenvalue weighted by Gasteiger charge is -2.10. The van der Waals surface area contributed by atoms with Gasteiger partial charge in [0.05, 0.1) is 4.90 Å². The van der Waals surface area contributed by atoms with Gasteiger partial charge in [-0.05, 0) is 30.0 Å². The summed E-state index contributed by atoms with van der Waals surface area (Å²) in [6, 6.07) is 5.17. The van der Waals surface area contributed by atoms with E-state index in [1.807, 2.05) is 6.07 Å². The Hall–Kier alpha value is -1.27. The number of sulfone groups is 1. The Kier molecular flexibility index (Phi) is 3.77. The van der Waals surface area contributed by atoms with Crippen molar-refractivity contribution in [1.29, 1.82) is 0 Å². The minimum Gasteiger partial charge on any atom is -0.224 e. The molecule has 86 valence electrons.